The summed E-state index contributed by atoms with van der Waals surface area (Å²) in [6, 6.07) is 0. The molecule has 0 N–H and O–H groups in total. The molecule has 2 atom stereocenters. The number of carbonyl (C=O) groups excluding carboxylic acids is 1. The summed E-state index contributed by atoms with van der Waals surface area (Å²) in [5.74, 6) is 0.349. The lowest BCUT2D eigenvalue weighted by Crippen LogP contribution is -2.27. The molecule has 0 aliphatic carbocycles. The van der Waals surface area contributed by atoms with Crippen LogP contribution in [0.4, 0.5) is 0 Å². The lowest BCUT2D eigenvalue weighted by molar-refractivity contribution is -0.128. The number of hydrogen-bond donors (Lipinski definition) is 0. The van der Waals surface area contributed by atoms with E-state index in [1.807, 2.05) is 0 Å². The van der Waals surface area contributed by atoms with Gasteiger partial charge in [-0.25, -0.2) is 0 Å². The number of Topliss-reactive ketones (excluding diaryl/α,β-unsaturated/α-hetero) is 1. The van der Waals surface area contributed by atoms with E-state index in [9.17, 15) is 4.79 Å². The molecule has 2 aliphatic rings. The summed E-state index contributed by atoms with van der Waals surface area (Å²) in [7, 11) is 0. The summed E-state index contributed by atoms with van der Waals surface area (Å²) in [6.07, 6.45) is 1.42. The average Bonchev–Trinajstić information content (AvgIpc) is 2.16. The first-order valence-electron chi connectivity index (χ1n) is 4.03. The molecule has 11 heavy (non-hydrogen) atoms. The number of fused-ring (bicyclic) bond motifs is 2. The maximum Gasteiger partial charge on any atom is 0.138 e. The predicted octanol–water partition coefficient (Wildman–Crippen LogP) is 1.45. The molecule has 0 radical (unpaired) electrons. The van der Waals surface area contributed by atoms with E-state index in [0.717, 1.165) is 0 Å². The molecule has 2 nitrogen and oxygen atoms in total. The van der Waals surface area contributed by atoms with Gasteiger partial charge in [0.05, 0.1) is 12.2 Å². The highest BCUT2D eigenvalue weighted by atomic mass is 16.5. The molecule has 0 aromatic carbocycles. The number of carbonyl (C=O) groups is 1. The van der Waals surface area contributed by atoms with Gasteiger partial charge < -0.3 is 4.74 Å². The highest BCUT2D eigenvalue weighted by Crippen LogP contribution is 2.34. The summed E-state index contributed by atoms with van der Waals surface area (Å²) in [5.41, 5.74) is 2.56. The minimum atomic E-state index is 0.112. The quantitative estimate of drug-likeness (QED) is 0.491. The molecule has 0 amide bonds. The molecule has 60 valence electrons. The van der Waals surface area contributed by atoms with Crippen LogP contribution in [0.15, 0.2) is 11.1 Å². The van der Waals surface area contributed by atoms with Crippen LogP contribution in [0.3, 0.4) is 0 Å². The van der Waals surface area contributed by atoms with Gasteiger partial charge >= 0.3 is 0 Å². The summed E-state index contributed by atoms with van der Waals surface area (Å²) in [4.78, 5) is 11.1. The average molecular weight is 152 g/mol. The summed E-state index contributed by atoms with van der Waals surface area (Å²) in [5, 5.41) is 0. The van der Waals surface area contributed by atoms with Gasteiger partial charge in [0, 0.05) is 12.8 Å². The predicted molar refractivity (Wildman–Crippen MR) is 41.3 cm³/mol. The first-order chi connectivity index (χ1) is 5.18. The molecule has 2 unspecified atom stereocenters. The Morgan fingerprint density at radius 1 is 1.18 bits per heavy atom. The van der Waals surface area contributed by atoms with Crippen molar-refractivity contribution in [3.8, 4) is 0 Å². The molecule has 2 heteroatoms. The molecule has 2 bridgehead atoms. The first kappa shape index (κ1) is 7.04. The van der Waals surface area contributed by atoms with Crippen molar-refractivity contribution in [2.24, 2.45) is 0 Å². The zero-order valence-corrected chi connectivity index (χ0v) is 6.89. The third-order valence-electron chi connectivity index (χ3n) is 2.74. The van der Waals surface area contributed by atoms with Crippen molar-refractivity contribution >= 4 is 5.78 Å². The van der Waals surface area contributed by atoms with Gasteiger partial charge in [0.2, 0.25) is 0 Å². The van der Waals surface area contributed by atoms with Gasteiger partial charge in [-0.3, -0.25) is 4.79 Å². The van der Waals surface area contributed by atoms with Gasteiger partial charge in [0.1, 0.15) is 5.78 Å². The van der Waals surface area contributed by atoms with E-state index in [2.05, 4.69) is 13.8 Å². The number of ether oxygens (including phenoxy) is 1. The van der Waals surface area contributed by atoms with Crippen molar-refractivity contribution in [3.05, 3.63) is 11.1 Å². The second kappa shape index (κ2) is 2.18. The molecule has 2 heterocycles. The Bertz CT molecular complexity index is 218. The molecule has 0 saturated carbocycles. The van der Waals surface area contributed by atoms with Crippen molar-refractivity contribution in [1.82, 2.24) is 0 Å². The van der Waals surface area contributed by atoms with Gasteiger partial charge in [0.25, 0.3) is 0 Å². The van der Waals surface area contributed by atoms with Crippen LogP contribution in [-0.2, 0) is 9.53 Å². The van der Waals surface area contributed by atoms with E-state index in [0.29, 0.717) is 18.6 Å². The number of rotatable bonds is 0. The van der Waals surface area contributed by atoms with Gasteiger partial charge in [0.15, 0.2) is 0 Å². The maximum absolute atomic E-state index is 11.1. The van der Waals surface area contributed by atoms with Crippen LogP contribution in [-0.4, -0.2) is 18.0 Å². The van der Waals surface area contributed by atoms with Gasteiger partial charge in [-0.2, -0.15) is 0 Å². The molecule has 1 fully saturated rings. The van der Waals surface area contributed by atoms with Gasteiger partial charge in [-0.1, -0.05) is 0 Å². The maximum atomic E-state index is 11.1. The van der Waals surface area contributed by atoms with Crippen LogP contribution >= 0.6 is 0 Å². The Morgan fingerprint density at radius 3 is 2.09 bits per heavy atom. The summed E-state index contributed by atoms with van der Waals surface area (Å²) >= 11 is 0. The second-order valence-electron chi connectivity index (χ2n) is 3.43. The van der Waals surface area contributed by atoms with Crippen molar-refractivity contribution in [1.29, 1.82) is 0 Å². The van der Waals surface area contributed by atoms with Gasteiger partial charge in [-0.05, 0) is 25.0 Å². The molecule has 0 spiro atoms. The lowest BCUT2D eigenvalue weighted by Gasteiger charge is -2.20. The largest absolute Gasteiger partial charge is 0.365 e. The third kappa shape index (κ3) is 0.932. The highest BCUT2D eigenvalue weighted by molar-refractivity contribution is 5.82. The molecule has 0 aromatic heterocycles. The minimum Gasteiger partial charge on any atom is -0.365 e. The van der Waals surface area contributed by atoms with Crippen LogP contribution in [0, 0.1) is 0 Å². The fraction of sp³-hybridized carbons (Fsp3) is 0.667. The molecular formula is C9H12O2. The van der Waals surface area contributed by atoms with E-state index >= 15 is 0 Å². The first-order valence-corrected chi connectivity index (χ1v) is 4.03. The van der Waals surface area contributed by atoms with Crippen LogP contribution in [0.25, 0.3) is 0 Å². The SMILES string of the molecule is CC1=C(C)C2CC(=O)CC1O2. The van der Waals surface area contributed by atoms with Gasteiger partial charge in [-0.15, -0.1) is 0 Å². The smallest absolute Gasteiger partial charge is 0.138 e. The van der Waals surface area contributed by atoms with Crippen molar-refractivity contribution in [2.45, 2.75) is 38.9 Å². The third-order valence-corrected chi connectivity index (χ3v) is 2.74. The highest BCUT2D eigenvalue weighted by Gasteiger charge is 2.36. The zero-order chi connectivity index (χ0) is 8.01. The normalized spacial score (nSPS) is 36.7. The zero-order valence-electron chi connectivity index (χ0n) is 6.89. The molecule has 0 aromatic rings. The Kier molecular flexibility index (Phi) is 1.39. The van der Waals surface area contributed by atoms with Crippen molar-refractivity contribution in [3.63, 3.8) is 0 Å². The molecule has 2 aliphatic heterocycles. The topological polar surface area (TPSA) is 26.3 Å². The van der Waals surface area contributed by atoms with E-state index in [1.54, 1.807) is 0 Å². The minimum absolute atomic E-state index is 0.112. The molecule has 1 saturated heterocycles. The van der Waals surface area contributed by atoms with Crippen LogP contribution < -0.4 is 0 Å². The molecule has 2 rings (SSSR count). The van der Waals surface area contributed by atoms with E-state index in [4.69, 9.17) is 4.74 Å². The Labute approximate surface area is 66.2 Å². The fourth-order valence-electron chi connectivity index (χ4n) is 1.81. The number of hydrogen-bond acceptors (Lipinski definition) is 2. The van der Waals surface area contributed by atoms with Crippen molar-refractivity contribution in [2.75, 3.05) is 0 Å². The van der Waals surface area contributed by atoms with Crippen LogP contribution in [0.5, 0.6) is 0 Å². The van der Waals surface area contributed by atoms with Crippen LogP contribution in [0.1, 0.15) is 26.7 Å². The lowest BCUT2D eigenvalue weighted by atomic mass is 10.1. The standard InChI is InChI=1S/C9H12O2/c1-5-6(2)9-4-7(10)3-8(5)11-9/h8-9H,3-4H2,1-2H3. The summed E-state index contributed by atoms with van der Waals surface area (Å²) in [6.45, 7) is 4.14. The molecular weight excluding hydrogens is 140 g/mol. The van der Waals surface area contributed by atoms with E-state index in [1.165, 1.54) is 11.1 Å². The Hall–Kier alpha value is -0.630. The van der Waals surface area contributed by atoms with Crippen molar-refractivity contribution < 1.29 is 9.53 Å². The summed E-state index contributed by atoms with van der Waals surface area (Å²) < 4.78 is 5.60. The van der Waals surface area contributed by atoms with Crippen LogP contribution in [0.2, 0.25) is 0 Å². The van der Waals surface area contributed by atoms with E-state index in [-0.39, 0.29) is 12.2 Å². The Morgan fingerprint density at radius 2 is 1.64 bits per heavy atom. The monoisotopic (exact) mass is 152 g/mol. The fourth-order valence-corrected chi connectivity index (χ4v) is 1.81. The second-order valence-corrected chi connectivity index (χ2v) is 3.43. The Balaban J connectivity index is 2.31. The van der Waals surface area contributed by atoms with E-state index < -0.39 is 0 Å². The number of ketones is 1.